The van der Waals surface area contributed by atoms with Crippen molar-refractivity contribution < 1.29 is 14.3 Å². The maximum absolute atomic E-state index is 12.5. The predicted molar refractivity (Wildman–Crippen MR) is 104 cm³/mol. The fraction of sp³-hybridized carbons (Fsp3) is 0.318. The van der Waals surface area contributed by atoms with Gasteiger partial charge in [-0.05, 0) is 48.9 Å². The van der Waals surface area contributed by atoms with E-state index >= 15 is 0 Å². The van der Waals surface area contributed by atoms with Gasteiger partial charge in [0.1, 0.15) is 18.4 Å². The first kappa shape index (κ1) is 19.0. The minimum absolute atomic E-state index is 0.122. The molecule has 1 saturated heterocycles. The second kappa shape index (κ2) is 9.21. The van der Waals surface area contributed by atoms with Gasteiger partial charge in [-0.1, -0.05) is 42.5 Å². The van der Waals surface area contributed by atoms with Crippen molar-refractivity contribution in [3.63, 3.8) is 0 Å². The number of carbonyl (C=O) groups excluding carboxylic acids is 2. The number of primary amides is 1. The van der Waals surface area contributed by atoms with E-state index < -0.39 is 11.9 Å². The molecule has 141 valence electrons. The summed E-state index contributed by atoms with van der Waals surface area (Å²) in [5.74, 6) is 0.248. The maximum atomic E-state index is 12.5. The molecule has 1 fully saturated rings. The number of nitrogens with zero attached hydrogens (tertiary/aromatic N) is 1. The zero-order valence-corrected chi connectivity index (χ0v) is 15.3. The van der Waals surface area contributed by atoms with Crippen LogP contribution in [0.3, 0.4) is 0 Å². The third-order valence-electron chi connectivity index (χ3n) is 4.80. The molecule has 0 bridgehead atoms. The van der Waals surface area contributed by atoms with Gasteiger partial charge in [-0.2, -0.15) is 0 Å². The summed E-state index contributed by atoms with van der Waals surface area (Å²) < 4.78 is 5.77. The summed E-state index contributed by atoms with van der Waals surface area (Å²) in [6.45, 7) is 1.11. The minimum Gasteiger partial charge on any atom is -0.489 e. The van der Waals surface area contributed by atoms with Crippen LogP contribution in [0.1, 0.15) is 30.4 Å². The summed E-state index contributed by atoms with van der Waals surface area (Å²) in [4.78, 5) is 25.6. The van der Waals surface area contributed by atoms with E-state index in [1.807, 2.05) is 54.6 Å². The number of piperidine rings is 1. The van der Waals surface area contributed by atoms with E-state index in [2.05, 4.69) is 0 Å². The molecule has 2 aromatic rings. The van der Waals surface area contributed by atoms with Crippen molar-refractivity contribution in [3.8, 4) is 5.75 Å². The van der Waals surface area contributed by atoms with E-state index in [1.165, 1.54) is 0 Å². The molecule has 0 aliphatic carbocycles. The van der Waals surface area contributed by atoms with Crippen LogP contribution in [0, 0.1) is 6.42 Å². The molecule has 2 amide bonds. The van der Waals surface area contributed by atoms with E-state index in [9.17, 15) is 9.59 Å². The van der Waals surface area contributed by atoms with E-state index in [-0.39, 0.29) is 5.91 Å². The molecule has 1 unspecified atom stereocenters. The Morgan fingerprint density at radius 2 is 1.78 bits per heavy atom. The van der Waals surface area contributed by atoms with Crippen molar-refractivity contribution in [3.05, 3.63) is 72.1 Å². The Bertz CT molecular complexity index is 759. The summed E-state index contributed by atoms with van der Waals surface area (Å²) in [6.07, 6.45) is 4.64. The highest BCUT2D eigenvalue weighted by Gasteiger charge is 2.30. The Hall–Kier alpha value is -2.82. The first-order valence-electron chi connectivity index (χ1n) is 9.32. The van der Waals surface area contributed by atoms with Gasteiger partial charge in [0.15, 0.2) is 0 Å². The van der Waals surface area contributed by atoms with Gasteiger partial charge in [0.2, 0.25) is 11.8 Å². The average Bonchev–Trinajstić information content (AvgIpc) is 2.72. The van der Waals surface area contributed by atoms with Crippen molar-refractivity contribution >= 4 is 11.8 Å². The van der Waals surface area contributed by atoms with Crippen LogP contribution in [0.25, 0.3) is 0 Å². The summed E-state index contributed by atoms with van der Waals surface area (Å²) in [7, 11) is 0. The highest BCUT2D eigenvalue weighted by molar-refractivity contribution is 5.91. The van der Waals surface area contributed by atoms with E-state index in [0.717, 1.165) is 29.7 Å². The fourth-order valence-corrected chi connectivity index (χ4v) is 3.28. The zero-order valence-electron chi connectivity index (χ0n) is 15.3. The molecule has 1 radical (unpaired) electrons. The van der Waals surface area contributed by atoms with Crippen LogP contribution in [-0.2, 0) is 22.6 Å². The topological polar surface area (TPSA) is 72.6 Å². The number of carbonyl (C=O) groups is 2. The lowest BCUT2D eigenvalue weighted by atomic mass is 10.0. The summed E-state index contributed by atoms with van der Waals surface area (Å²) in [5.41, 5.74) is 7.56. The first-order chi connectivity index (χ1) is 13.1. The molecule has 0 saturated carbocycles. The predicted octanol–water partition coefficient (Wildman–Crippen LogP) is 2.88. The van der Waals surface area contributed by atoms with Gasteiger partial charge >= 0.3 is 0 Å². The Balaban J connectivity index is 1.49. The van der Waals surface area contributed by atoms with Crippen LogP contribution in [0.2, 0.25) is 0 Å². The van der Waals surface area contributed by atoms with E-state index in [0.29, 0.717) is 26.0 Å². The Kier molecular flexibility index (Phi) is 6.47. The van der Waals surface area contributed by atoms with E-state index in [4.69, 9.17) is 10.5 Å². The Labute approximate surface area is 160 Å². The number of rotatable bonds is 7. The smallest absolute Gasteiger partial charge is 0.240 e. The number of likely N-dealkylation sites (tertiary alicyclic amines) is 1. The van der Waals surface area contributed by atoms with Crippen LogP contribution >= 0.6 is 0 Å². The minimum atomic E-state index is -0.476. The van der Waals surface area contributed by atoms with Gasteiger partial charge in [0.05, 0.1) is 6.42 Å². The molecule has 1 aliphatic heterocycles. The van der Waals surface area contributed by atoms with Crippen molar-refractivity contribution in [2.75, 3.05) is 6.54 Å². The lowest BCUT2D eigenvalue weighted by Gasteiger charge is -2.33. The van der Waals surface area contributed by atoms with Crippen LogP contribution in [0.15, 0.2) is 54.6 Å². The molecule has 1 heterocycles. The molecule has 5 nitrogen and oxygen atoms in total. The van der Waals surface area contributed by atoms with Crippen molar-refractivity contribution in [2.24, 2.45) is 5.73 Å². The summed E-state index contributed by atoms with van der Waals surface area (Å²) in [5, 5.41) is 0. The lowest BCUT2D eigenvalue weighted by molar-refractivity contribution is -0.138. The van der Waals surface area contributed by atoms with Crippen LogP contribution < -0.4 is 10.5 Å². The highest BCUT2D eigenvalue weighted by Crippen LogP contribution is 2.19. The number of amides is 2. The molecule has 2 N–H and O–H groups in total. The van der Waals surface area contributed by atoms with Gasteiger partial charge < -0.3 is 15.4 Å². The molecule has 0 aromatic heterocycles. The molecule has 3 rings (SSSR count). The van der Waals surface area contributed by atoms with Gasteiger partial charge in [-0.3, -0.25) is 9.59 Å². The van der Waals surface area contributed by atoms with Crippen molar-refractivity contribution in [2.45, 2.75) is 38.3 Å². The third-order valence-corrected chi connectivity index (χ3v) is 4.80. The van der Waals surface area contributed by atoms with Gasteiger partial charge in [-0.25, -0.2) is 0 Å². The Morgan fingerprint density at radius 1 is 1.04 bits per heavy atom. The normalized spacial score (nSPS) is 16.7. The van der Waals surface area contributed by atoms with Gasteiger partial charge in [-0.15, -0.1) is 0 Å². The van der Waals surface area contributed by atoms with E-state index in [1.54, 1.807) is 11.3 Å². The third kappa shape index (κ3) is 5.33. The molecule has 5 heteroatoms. The van der Waals surface area contributed by atoms with Gasteiger partial charge in [0.25, 0.3) is 0 Å². The second-order valence-electron chi connectivity index (χ2n) is 6.77. The number of hydrogen-bond acceptors (Lipinski definition) is 3. The fourth-order valence-electron chi connectivity index (χ4n) is 3.28. The second-order valence-corrected chi connectivity index (χ2v) is 6.77. The van der Waals surface area contributed by atoms with Crippen molar-refractivity contribution in [1.82, 2.24) is 4.90 Å². The lowest BCUT2D eigenvalue weighted by Crippen LogP contribution is -2.50. The van der Waals surface area contributed by atoms with Crippen LogP contribution in [-0.4, -0.2) is 29.3 Å². The van der Waals surface area contributed by atoms with Crippen LogP contribution in [0.4, 0.5) is 0 Å². The largest absolute Gasteiger partial charge is 0.489 e. The number of ether oxygens (including phenoxy) is 1. The molecule has 0 spiro atoms. The standard InChI is InChI=1S/C22H25N2O3/c23-22(26)20-8-4-5-15-24(20)21(25)14-11-17-9-12-19(13-10-17)27-16-18-6-2-1-3-7-18/h1-3,6-7,9-10,12-14,20H,4-5,8,11,15-16H2,(H2,23,26). The summed E-state index contributed by atoms with van der Waals surface area (Å²) in [6, 6.07) is 17.2. The monoisotopic (exact) mass is 365 g/mol. The van der Waals surface area contributed by atoms with Crippen molar-refractivity contribution in [1.29, 1.82) is 0 Å². The molecular formula is C22H25N2O3. The highest BCUT2D eigenvalue weighted by atomic mass is 16.5. The number of hydrogen-bond donors (Lipinski definition) is 1. The quantitative estimate of drug-likeness (QED) is 0.820. The molecule has 27 heavy (non-hydrogen) atoms. The number of nitrogens with two attached hydrogens (primary N) is 1. The zero-order chi connectivity index (χ0) is 19.1. The van der Waals surface area contributed by atoms with Gasteiger partial charge in [0, 0.05) is 6.54 Å². The molecular weight excluding hydrogens is 340 g/mol. The number of benzene rings is 2. The maximum Gasteiger partial charge on any atom is 0.240 e. The SMILES string of the molecule is NC(=O)C1CCCCN1C(=O)[CH]Cc1ccc(OCc2ccccc2)cc1. The Morgan fingerprint density at radius 3 is 2.48 bits per heavy atom. The molecule has 2 aromatic carbocycles. The molecule has 1 atom stereocenters. The van der Waals surface area contributed by atoms with Crippen LogP contribution in [0.5, 0.6) is 5.75 Å². The first-order valence-corrected chi connectivity index (χ1v) is 9.32. The average molecular weight is 365 g/mol. The summed E-state index contributed by atoms with van der Waals surface area (Å²) >= 11 is 0. The molecule has 1 aliphatic rings.